The number of ether oxygens (including phenoxy) is 1. The van der Waals surface area contributed by atoms with Crippen LogP contribution in [-0.2, 0) is 29.9 Å². The van der Waals surface area contributed by atoms with Crippen molar-refractivity contribution in [1.29, 1.82) is 0 Å². The lowest BCUT2D eigenvalue weighted by molar-refractivity contribution is -0.186. The lowest BCUT2D eigenvalue weighted by atomic mass is 9.66. The third kappa shape index (κ3) is 4.66. The molecule has 6 nitrogen and oxygen atoms in total. The van der Waals surface area contributed by atoms with Gasteiger partial charge < -0.3 is 13.7 Å². The Kier molecular flexibility index (Phi) is 7.44. The molecule has 5 atom stereocenters. The molecule has 2 unspecified atom stereocenters. The summed E-state index contributed by atoms with van der Waals surface area (Å²) in [5.74, 6) is -1.31. The number of nitrogens with zero attached hydrogens (tertiary/aromatic N) is 1. The zero-order chi connectivity index (χ0) is 27.3. The molecule has 1 amide bonds. The normalized spacial score (nSPS) is 26.6. The van der Waals surface area contributed by atoms with Crippen molar-refractivity contribution in [3.8, 4) is 0 Å². The zero-order valence-corrected chi connectivity index (χ0v) is 25.0. The van der Waals surface area contributed by atoms with E-state index in [1.54, 1.807) is 13.8 Å². The van der Waals surface area contributed by atoms with Gasteiger partial charge in [0.05, 0.1) is 5.60 Å². The topological polar surface area (TPSA) is 78.9 Å². The van der Waals surface area contributed by atoms with Crippen molar-refractivity contribution >= 4 is 32.1 Å². The molecule has 0 aliphatic carbocycles. The minimum absolute atomic E-state index is 0.186. The molecule has 200 valence electrons. The summed E-state index contributed by atoms with van der Waals surface area (Å²) in [5.41, 5.74) is 0.500. The number of esters is 1. The van der Waals surface area contributed by atoms with Crippen LogP contribution < -0.4 is 0 Å². The Balaban J connectivity index is 1.68. The van der Waals surface area contributed by atoms with E-state index in [-0.39, 0.29) is 11.3 Å². The molecule has 0 radical (unpaired) electrons. The van der Waals surface area contributed by atoms with E-state index in [9.17, 15) is 14.1 Å². The Bertz CT molecular complexity index is 1100. The quantitative estimate of drug-likeness (QED) is 0.217. The summed E-state index contributed by atoms with van der Waals surface area (Å²) in [4.78, 5) is 29.2. The number of carbonyl (C=O) groups is 2. The first-order chi connectivity index (χ1) is 17.2. The monoisotopic (exact) mass is 541 g/mol. The largest absolute Gasteiger partial charge is 0.614 e. The number of rotatable bonds is 7. The summed E-state index contributed by atoms with van der Waals surface area (Å²) in [7, 11) is -1.54. The molecule has 0 aromatic heterocycles. The van der Waals surface area contributed by atoms with Crippen LogP contribution in [-0.4, -0.2) is 52.1 Å². The molecule has 0 spiro atoms. The number of carbonyl (C=O) groups excluding carboxylic acids is 2. The van der Waals surface area contributed by atoms with Crippen LogP contribution in [0.25, 0.3) is 0 Å². The van der Waals surface area contributed by atoms with Gasteiger partial charge in [0.1, 0.15) is 5.92 Å². The summed E-state index contributed by atoms with van der Waals surface area (Å²) >= 11 is -1.48. The van der Waals surface area contributed by atoms with Crippen LogP contribution in [0, 0.1) is 11.3 Å². The first-order valence-corrected chi connectivity index (χ1v) is 16.9. The van der Waals surface area contributed by atoms with Crippen molar-refractivity contribution < 1.29 is 23.3 Å². The molecule has 2 saturated heterocycles. The molecule has 0 N–H and O–H groups in total. The Hall–Kier alpha value is -2.13. The van der Waals surface area contributed by atoms with E-state index in [2.05, 4.69) is 33.9 Å². The van der Waals surface area contributed by atoms with Crippen LogP contribution in [0.5, 0.6) is 0 Å². The van der Waals surface area contributed by atoms with E-state index in [4.69, 9.17) is 9.16 Å². The third-order valence-corrected chi connectivity index (χ3v) is 11.1. The Morgan fingerprint density at radius 2 is 1.49 bits per heavy atom. The minimum atomic E-state index is -1.54. The second-order valence-electron chi connectivity index (χ2n) is 12.1. The third-order valence-electron chi connectivity index (χ3n) is 7.98. The van der Waals surface area contributed by atoms with Crippen molar-refractivity contribution in [2.24, 2.45) is 11.3 Å². The summed E-state index contributed by atoms with van der Waals surface area (Å²) in [6.45, 7) is 15.9. The van der Waals surface area contributed by atoms with Gasteiger partial charge in [-0.1, -0.05) is 81.4 Å². The summed E-state index contributed by atoms with van der Waals surface area (Å²) < 4.78 is 25.6. The molecule has 2 aliphatic heterocycles. The van der Waals surface area contributed by atoms with Gasteiger partial charge in [-0.05, 0) is 61.6 Å². The standard InChI is InChI=1S/C29H39NO5SSi/c1-27(2,3)29(6,35-37(7)8)21-24(31)30-23(28(4,5)36(33)25(21)30)26(32)34-22(19-15-11-9-12-16-19)20-17-13-10-14-18-20/h9-18,21-23,25,37H,1-8H3/t21-,23-,25+,29?,36?/m0/s1. The van der Waals surface area contributed by atoms with Crippen molar-refractivity contribution in [3.05, 3.63) is 71.8 Å². The number of benzene rings is 2. The lowest BCUT2D eigenvalue weighted by Crippen LogP contribution is -2.72. The molecule has 37 heavy (non-hydrogen) atoms. The van der Waals surface area contributed by atoms with Crippen molar-refractivity contribution in [2.45, 2.75) is 82.5 Å². The van der Waals surface area contributed by atoms with E-state index >= 15 is 0 Å². The van der Waals surface area contributed by atoms with Crippen LogP contribution in [0.15, 0.2) is 60.7 Å². The Morgan fingerprint density at radius 3 is 1.92 bits per heavy atom. The first kappa shape index (κ1) is 27.9. The van der Waals surface area contributed by atoms with Crippen molar-refractivity contribution in [1.82, 2.24) is 4.90 Å². The fraction of sp³-hybridized carbons (Fsp3) is 0.517. The predicted molar refractivity (Wildman–Crippen MR) is 149 cm³/mol. The van der Waals surface area contributed by atoms with Gasteiger partial charge in [0, 0.05) is 0 Å². The van der Waals surface area contributed by atoms with E-state index < -0.39 is 60.0 Å². The average molecular weight is 542 g/mol. The van der Waals surface area contributed by atoms with E-state index in [1.807, 2.05) is 67.6 Å². The Morgan fingerprint density at radius 1 is 1.00 bits per heavy atom. The van der Waals surface area contributed by atoms with Gasteiger partial charge in [-0.2, -0.15) is 0 Å². The van der Waals surface area contributed by atoms with Gasteiger partial charge in [-0.15, -0.1) is 0 Å². The maximum absolute atomic E-state index is 13.9. The van der Waals surface area contributed by atoms with E-state index in [0.717, 1.165) is 11.1 Å². The van der Waals surface area contributed by atoms with Gasteiger partial charge in [0.25, 0.3) is 0 Å². The molecule has 2 aromatic rings. The molecular weight excluding hydrogens is 502 g/mol. The van der Waals surface area contributed by atoms with Crippen LogP contribution in [0.4, 0.5) is 0 Å². The first-order valence-electron chi connectivity index (χ1n) is 12.9. The predicted octanol–water partition coefficient (Wildman–Crippen LogP) is 4.82. The van der Waals surface area contributed by atoms with E-state index in [1.165, 1.54) is 4.90 Å². The molecule has 0 saturated carbocycles. The van der Waals surface area contributed by atoms with Gasteiger partial charge in [0.2, 0.25) is 11.3 Å². The molecule has 8 heteroatoms. The maximum Gasteiger partial charge on any atom is 0.335 e. The fourth-order valence-corrected chi connectivity index (χ4v) is 9.21. The fourth-order valence-electron chi connectivity index (χ4n) is 5.62. The SMILES string of the molecule is C[SiH](C)OC(C)([C@H]1C(=O)N2[C@@H]1[S+]([O-])C(C)(C)[C@@H]2C(=O)OC(c1ccccc1)c1ccccc1)C(C)(C)C. The van der Waals surface area contributed by atoms with Gasteiger partial charge in [-0.25, -0.2) is 4.79 Å². The molecule has 0 bridgehead atoms. The Labute approximate surface area is 225 Å². The average Bonchev–Trinajstić information content (AvgIpc) is 3.00. The second kappa shape index (κ2) is 9.87. The summed E-state index contributed by atoms with van der Waals surface area (Å²) in [5, 5.41) is -0.594. The molecule has 2 fully saturated rings. The zero-order valence-electron chi connectivity index (χ0n) is 23.1. The van der Waals surface area contributed by atoms with Crippen LogP contribution in [0.2, 0.25) is 13.1 Å². The molecular formula is C29H39NO5SSi. The lowest BCUT2D eigenvalue weighted by Gasteiger charge is -2.55. The molecule has 4 rings (SSSR count). The number of amides is 1. The number of hydrogen-bond donors (Lipinski definition) is 0. The highest BCUT2D eigenvalue weighted by Gasteiger charge is 2.77. The molecule has 2 aromatic carbocycles. The highest BCUT2D eigenvalue weighted by molar-refractivity contribution is 7.93. The number of β-lactam (4-membered cyclic amide) rings is 1. The van der Waals surface area contributed by atoms with E-state index in [0.29, 0.717) is 0 Å². The number of fused-ring (bicyclic) bond motifs is 1. The molecule has 2 heterocycles. The summed E-state index contributed by atoms with van der Waals surface area (Å²) in [6.07, 6.45) is -0.638. The second-order valence-corrected chi connectivity index (χ2v) is 16.5. The smallest absolute Gasteiger partial charge is 0.335 e. The van der Waals surface area contributed by atoms with Gasteiger partial charge in [-0.3, -0.25) is 9.69 Å². The number of hydrogen-bond acceptors (Lipinski definition) is 5. The minimum Gasteiger partial charge on any atom is -0.614 e. The summed E-state index contributed by atoms with van der Waals surface area (Å²) in [6, 6.07) is 18.1. The highest BCUT2D eigenvalue weighted by atomic mass is 32.2. The van der Waals surface area contributed by atoms with Gasteiger partial charge >= 0.3 is 5.97 Å². The van der Waals surface area contributed by atoms with Crippen LogP contribution in [0.3, 0.4) is 0 Å². The highest BCUT2D eigenvalue weighted by Crippen LogP contribution is 2.56. The van der Waals surface area contributed by atoms with Gasteiger partial charge in [0.15, 0.2) is 25.9 Å². The molecule has 2 aliphatic rings. The van der Waals surface area contributed by atoms with Crippen molar-refractivity contribution in [3.63, 3.8) is 0 Å². The van der Waals surface area contributed by atoms with Crippen LogP contribution in [0.1, 0.15) is 58.8 Å². The maximum atomic E-state index is 13.9. The van der Waals surface area contributed by atoms with Crippen LogP contribution >= 0.6 is 0 Å². The van der Waals surface area contributed by atoms with Crippen molar-refractivity contribution in [2.75, 3.05) is 0 Å².